The van der Waals surface area contributed by atoms with Crippen molar-refractivity contribution in [1.29, 1.82) is 0 Å². The molecule has 176 valence electrons. The fourth-order valence-electron chi connectivity index (χ4n) is 4.16. The third kappa shape index (κ3) is 5.34. The quantitative estimate of drug-likeness (QED) is 0.671. The normalized spacial score (nSPS) is 16.2. The molecule has 8 heteroatoms. The van der Waals surface area contributed by atoms with Crippen LogP contribution in [0.15, 0.2) is 30.3 Å². The molecule has 33 heavy (non-hydrogen) atoms. The Balaban J connectivity index is 1.63. The summed E-state index contributed by atoms with van der Waals surface area (Å²) in [6.07, 6.45) is 1.24. The van der Waals surface area contributed by atoms with Crippen molar-refractivity contribution in [1.82, 2.24) is 9.88 Å². The lowest BCUT2D eigenvalue weighted by molar-refractivity contribution is 0.0517. The number of carbonyl (C=O) groups excluding carboxylic acids is 2. The Kier molecular flexibility index (Phi) is 6.67. The van der Waals surface area contributed by atoms with Crippen LogP contribution in [-0.4, -0.2) is 65.3 Å². The first-order valence-electron chi connectivity index (χ1n) is 11.5. The number of aromatic nitrogens is 1. The molecule has 2 aliphatic rings. The topological polar surface area (TPSA) is 95.0 Å². The summed E-state index contributed by atoms with van der Waals surface area (Å²) in [4.78, 5) is 34.5. The Bertz CT molecular complexity index is 1040. The molecule has 8 nitrogen and oxygen atoms in total. The molecule has 1 fully saturated rings. The first-order valence-corrected chi connectivity index (χ1v) is 11.5. The predicted molar refractivity (Wildman–Crippen MR) is 127 cm³/mol. The Morgan fingerprint density at radius 3 is 2.70 bits per heavy atom. The van der Waals surface area contributed by atoms with Crippen molar-refractivity contribution in [2.75, 3.05) is 43.1 Å². The van der Waals surface area contributed by atoms with Crippen LogP contribution in [0.1, 0.15) is 59.3 Å². The first kappa shape index (κ1) is 23.2. The van der Waals surface area contributed by atoms with E-state index in [1.54, 1.807) is 24.8 Å². The second kappa shape index (κ2) is 9.49. The maximum absolute atomic E-state index is 13.1. The molecule has 0 spiro atoms. The van der Waals surface area contributed by atoms with Gasteiger partial charge in [0.15, 0.2) is 0 Å². The van der Waals surface area contributed by atoms with Crippen LogP contribution in [0.4, 0.5) is 11.4 Å². The van der Waals surface area contributed by atoms with E-state index in [4.69, 9.17) is 4.74 Å². The van der Waals surface area contributed by atoms with Gasteiger partial charge in [0.25, 0.3) is 11.8 Å². The Morgan fingerprint density at radius 2 is 2.00 bits per heavy atom. The highest BCUT2D eigenvalue weighted by Gasteiger charge is 2.31. The number of rotatable bonds is 7. The fraction of sp³-hybridized carbons (Fsp3) is 0.480. The van der Waals surface area contributed by atoms with E-state index in [1.807, 2.05) is 31.2 Å². The Hall–Kier alpha value is -2.97. The van der Waals surface area contributed by atoms with Gasteiger partial charge in [0, 0.05) is 37.4 Å². The molecule has 1 aromatic heterocycles. The summed E-state index contributed by atoms with van der Waals surface area (Å²) in [6.45, 7) is 8.97. The summed E-state index contributed by atoms with van der Waals surface area (Å²) in [5.41, 5.74) is 3.39. The lowest BCUT2D eigenvalue weighted by Crippen LogP contribution is -2.37. The number of aryl methyl sites for hydroxylation is 1. The standard InChI is InChI=1S/C25H32N4O4/c1-4-18-6-5-7-20(26-18)23(30)27-21-14-17-16-29(9-8-25(2,3)32)24(31)19(17)15-22(21)28-10-12-33-13-11-28/h5-7,14-15,32H,4,8-13,16H2,1-3H3,(H,27,30). The molecule has 0 aliphatic carbocycles. The number of amides is 2. The molecule has 1 aromatic carbocycles. The summed E-state index contributed by atoms with van der Waals surface area (Å²) >= 11 is 0. The van der Waals surface area contributed by atoms with E-state index in [9.17, 15) is 14.7 Å². The number of morpholine rings is 1. The first-order chi connectivity index (χ1) is 15.7. The second-order valence-electron chi connectivity index (χ2n) is 9.24. The average Bonchev–Trinajstić information content (AvgIpc) is 3.11. The van der Waals surface area contributed by atoms with Crippen molar-refractivity contribution in [2.24, 2.45) is 0 Å². The van der Waals surface area contributed by atoms with E-state index in [1.165, 1.54) is 0 Å². The number of nitrogens with one attached hydrogen (secondary N) is 1. The summed E-state index contributed by atoms with van der Waals surface area (Å²) in [5.74, 6) is -0.318. The summed E-state index contributed by atoms with van der Waals surface area (Å²) in [7, 11) is 0. The number of hydrogen-bond acceptors (Lipinski definition) is 6. The van der Waals surface area contributed by atoms with Crippen LogP contribution in [0, 0.1) is 0 Å². The fourth-order valence-corrected chi connectivity index (χ4v) is 4.16. The molecule has 0 atom stereocenters. The summed E-state index contributed by atoms with van der Waals surface area (Å²) < 4.78 is 5.49. The zero-order valence-corrected chi connectivity index (χ0v) is 19.6. The zero-order chi connectivity index (χ0) is 23.6. The van der Waals surface area contributed by atoms with Gasteiger partial charge in [-0.25, -0.2) is 4.98 Å². The Morgan fingerprint density at radius 1 is 1.24 bits per heavy atom. The van der Waals surface area contributed by atoms with Crippen LogP contribution in [-0.2, 0) is 17.7 Å². The highest BCUT2D eigenvalue weighted by atomic mass is 16.5. The molecule has 3 heterocycles. The van der Waals surface area contributed by atoms with Crippen LogP contribution >= 0.6 is 0 Å². The van der Waals surface area contributed by atoms with Gasteiger partial charge in [-0.05, 0) is 56.5 Å². The van der Waals surface area contributed by atoms with Gasteiger partial charge in [-0.2, -0.15) is 0 Å². The summed E-state index contributed by atoms with van der Waals surface area (Å²) in [6, 6.07) is 9.24. The molecule has 0 saturated carbocycles. The third-order valence-electron chi connectivity index (χ3n) is 6.10. The van der Waals surface area contributed by atoms with Crippen molar-refractivity contribution in [3.63, 3.8) is 0 Å². The molecule has 0 bridgehead atoms. The number of hydrogen-bond donors (Lipinski definition) is 2. The molecule has 2 aromatic rings. The molecule has 0 radical (unpaired) electrons. The maximum Gasteiger partial charge on any atom is 0.274 e. The highest BCUT2D eigenvalue weighted by Crippen LogP contribution is 2.35. The van der Waals surface area contributed by atoms with Gasteiger partial charge in [0.05, 0.1) is 30.2 Å². The third-order valence-corrected chi connectivity index (χ3v) is 6.10. The molecule has 2 N–H and O–H groups in total. The van der Waals surface area contributed by atoms with Crippen LogP contribution in [0.3, 0.4) is 0 Å². The molecular formula is C25H32N4O4. The number of anilines is 2. The molecule has 1 saturated heterocycles. The predicted octanol–water partition coefficient (Wildman–Crippen LogP) is 2.85. The zero-order valence-electron chi connectivity index (χ0n) is 19.6. The molecule has 0 unspecified atom stereocenters. The number of aliphatic hydroxyl groups is 1. The van der Waals surface area contributed by atoms with Gasteiger partial charge in [0.2, 0.25) is 0 Å². The molecule has 2 amide bonds. The second-order valence-corrected chi connectivity index (χ2v) is 9.24. The minimum Gasteiger partial charge on any atom is -0.390 e. The van der Waals surface area contributed by atoms with Gasteiger partial charge in [-0.15, -0.1) is 0 Å². The SMILES string of the molecule is CCc1cccc(C(=O)Nc2cc3c(cc2N2CCOCC2)C(=O)N(CCC(C)(C)O)C3)n1. The largest absolute Gasteiger partial charge is 0.390 e. The van der Waals surface area contributed by atoms with Gasteiger partial charge in [0.1, 0.15) is 5.69 Å². The lowest BCUT2D eigenvalue weighted by atomic mass is 10.1. The monoisotopic (exact) mass is 452 g/mol. The number of carbonyl (C=O) groups is 2. The van der Waals surface area contributed by atoms with E-state index >= 15 is 0 Å². The van der Waals surface area contributed by atoms with E-state index < -0.39 is 5.60 Å². The van der Waals surface area contributed by atoms with Crippen LogP contribution in [0.5, 0.6) is 0 Å². The van der Waals surface area contributed by atoms with Crippen LogP contribution in [0.25, 0.3) is 0 Å². The smallest absolute Gasteiger partial charge is 0.274 e. The maximum atomic E-state index is 13.1. The van der Waals surface area contributed by atoms with Gasteiger partial charge in [-0.1, -0.05) is 13.0 Å². The number of benzene rings is 1. The molecule has 4 rings (SSSR count). The van der Waals surface area contributed by atoms with E-state index in [-0.39, 0.29) is 11.8 Å². The van der Waals surface area contributed by atoms with Crippen molar-refractivity contribution < 1.29 is 19.4 Å². The lowest BCUT2D eigenvalue weighted by Gasteiger charge is -2.31. The van der Waals surface area contributed by atoms with E-state index in [2.05, 4.69) is 15.2 Å². The van der Waals surface area contributed by atoms with Crippen LogP contribution in [0.2, 0.25) is 0 Å². The van der Waals surface area contributed by atoms with Crippen molar-refractivity contribution >= 4 is 23.2 Å². The number of pyridine rings is 1. The van der Waals surface area contributed by atoms with Crippen molar-refractivity contribution in [3.05, 3.63) is 52.8 Å². The van der Waals surface area contributed by atoms with Gasteiger partial charge >= 0.3 is 0 Å². The molecular weight excluding hydrogens is 420 g/mol. The molecule has 2 aliphatic heterocycles. The number of fused-ring (bicyclic) bond motifs is 1. The summed E-state index contributed by atoms with van der Waals surface area (Å²) in [5, 5.41) is 13.1. The van der Waals surface area contributed by atoms with Crippen molar-refractivity contribution in [2.45, 2.75) is 45.8 Å². The number of ether oxygens (including phenoxy) is 1. The highest BCUT2D eigenvalue weighted by molar-refractivity contribution is 6.07. The Labute approximate surface area is 194 Å². The minimum absolute atomic E-state index is 0.0426. The van der Waals surface area contributed by atoms with Crippen LogP contribution < -0.4 is 10.2 Å². The van der Waals surface area contributed by atoms with E-state index in [0.717, 1.165) is 23.4 Å². The van der Waals surface area contributed by atoms with Gasteiger partial charge in [-0.3, -0.25) is 9.59 Å². The minimum atomic E-state index is -0.840. The average molecular weight is 453 g/mol. The number of nitrogens with zero attached hydrogens (tertiary/aromatic N) is 3. The van der Waals surface area contributed by atoms with Gasteiger partial charge < -0.3 is 25.0 Å². The van der Waals surface area contributed by atoms with E-state index in [0.29, 0.717) is 62.8 Å². The van der Waals surface area contributed by atoms with Crippen molar-refractivity contribution in [3.8, 4) is 0 Å².